The van der Waals surface area contributed by atoms with Gasteiger partial charge in [0.2, 0.25) is 0 Å². The minimum atomic E-state index is -1.43. The number of hydrogen-bond donors (Lipinski definition) is 0. The van der Waals surface area contributed by atoms with Crippen molar-refractivity contribution in [2.24, 2.45) is 0 Å². The van der Waals surface area contributed by atoms with Crippen LogP contribution in [0.5, 0.6) is 0 Å². The Labute approximate surface area is 92.1 Å². The van der Waals surface area contributed by atoms with Gasteiger partial charge in [-0.2, -0.15) is 0 Å². The molecule has 0 atom stereocenters. The fraction of sp³-hybridized carbons (Fsp3) is 1.00. The second-order valence-electron chi connectivity index (χ2n) is 4.61. The summed E-state index contributed by atoms with van der Waals surface area (Å²) in [6.07, 6.45) is 1.13. The van der Waals surface area contributed by atoms with Gasteiger partial charge in [0.05, 0.1) is 0 Å². The first-order valence-corrected chi connectivity index (χ1v) is 7.36. The summed E-state index contributed by atoms with van der Waals surface area (Å²) >= 11 is 0. The summed E-state index contributed by atoms with van der Waals surface area (Å²) in [6.45, 7) is 14.5. The number of rotatable bonds is 3. The van der Waals surface area contributed by atoms with Crippen LogP contribution in [0.1, 0.15) is 35.5 Å². The van der Waals surface area contributed by atoms with Crippen molar-refractivity contribution in [3.05, 3.63) is 0 Å². The van der Waals surface area contributed by atoms with Crippen molar-refractivity contribution >= 4 is 8.32 Å². The zero-order valence-electron chi connectivity index (χ0n) is 10.8. The molecule has 0 bridgehead atoms. The van der Waals surface area contributed by atoms with Gasteiger partial charge in [-0.3, -0.25) is 0 Å². The standard InChI is InChI=1S/C9H22OSi.Li.H/c1-7-8-10-11(5,6)9(2,3)4;;/h7-8H2,1-6H3;;/q;+1;-1. The molecule has 0 aromatic heterocycles. The molecular weight excluding hydrogens is 159 g/mol. The molecule has 0 unspecified atom stereocenters. The fourth-order valence-corrected chi connectivity index (χ4v) is 1.72. The predicted molar refractivity (Wildman–Crippen MR) is 54.6 cm³/mol. The Balaban J connectivity index is -0.000000500. The third-order valence-corrected chi connectivity index (χ3v) is 7.01. The van der Waals surface area contributed by atoms with Crippen LogP contribution in [0.4, 0.5) is 0 Å². The summed E-state index contributed by atoms with van der Waals surface area (Å²) in [4.78, 5) is 0. The van der Waals surface area contributed by atoms with Gasteiger partial charge < -0.3 is 5.85 Å². The van der Waals surface area contributed by atoms with Crippen LogP contribution in [0.15, 0.2) is 0 Å². The number of hydrogen-bond acceptors (Lipinski definition) is 1. The van der Waals surface area contributed by atoms with Crippen LogP contribution in [0.2, 0.25) is 18.1 Å². The average molecular weight is 182 g/mol. The molecule has 1 nitrogen and oxygen atoms in total. The molecule has 0 aromatic carbocycles. The minimum Gasteiger partial charge on any atom is -1.00 e. The Kier molecular flexibility index (Phi) is 6.98. The van der Waals surface area contributed by atoms with Crippen molar-refractivity contribution in [3.8, 4) is 0 Å². The minimum absolute atomic E-state index is 0. The maximum Gasteiger partial charge on any atom is 1.00 e. The van der Waals surface area contributed by atoms with Crippen LogP contribution < -0.4 is 18.9 Å². The Morgan fingerprint density at radius 1 is 1.25 bits per heavy atom. The molecule has 12 heavy (non-hydrogen) atoms. The molecular formula is C9H23LiOSi. The third-order valence-electron chi connectivity index (χ3n) is 2.47. The zero-order chi connectivity index (χ0) is 9.12. The van der Waals surface area contributed by atoms with Gasteiger partial charge in [-0.15, -0.1) is 0 Å². The Hall–Kier alpha value is 0.774. The van der Waals surface area contributed by atoms with E-state index < -0.39 is 8.32 Å². The van der Waals surface area contributed by atoms with Crippen molar-refractivity contribution < 1.29 is 24.7 Å². The van der Waals surface area contributed by atoms with E-state index in [1.54, 1.807) is 0 Å². The van der Waals surface area contributed by atoms with E-state index in [9.17, 15) is 0 Å². The van der Waals surface area contributed by atoms with Crippen molar-refractivity contribution in [1.82, 2.24) is 0 Å². The van der Waals surface area contributed by atoms with E-state index in [0.717, 1.165) is 13.0 Å². The maximum atomic E-state index is 5.88. The molecule has 0 saturated carbocycles. The summed E-state index contributed by atoms with van der Waals surface area (Å²) < 4.78 is 5.88. The van der Waals surface area contributed by atoms with Crippen LogP contribution in [-0.2, 0) is 4.43 Å². The van der Waals surface area contributed by atoms with Crippen LogP contribution >= 0.6 is 0 Å². The second kappa shape index (κ2) is 5.49. The van der Waals surface area contributed by atoms with Gasteiger partial charge in [-0.05, 0) is 24.6 Å². The molecule has 0 heterocycles. The molecule has 0 rings (SSSR count). The average Bonchev–Trinajstić information content (AvgIpc) is 1.81. The molecule has 0 spiro atoms. The van der Waals surface area contributed by atoms with Gasteiger partial charge in [0.25, 0.3) is 0 Å². The third kappa shape index (κ3) is 4.72. The van der Waals surface area contributed by atoms with Crippen molar-refractivity contribution in [3.63, 3.8) is 0 Å². The molecule has 70 valence electrons. The summed E-state index contributed by atoms with van der Waals surface area (Å²) in [5.74, 6) is 0. The molecule has 0 amide bonds. The Morgan fingerprint density at radius 2 is 1.67 bits per heavy atom. The Bertz CT molecular complexity index is 123. The molecule has 0 aliphatic heterocycles. The van der Waals surface area contributed by atoms with Crippen molar-refractivity contribution in [2.45, 2.75) is 52.2 Å². The van der Waals surface area contributed by atoms with Gasteiger partial charge >= 0.3 is 18.9 Å². The molecule has 0 fully saturated rings. The maximum absolute atomic E-state index is 5.88. The fourth-order valence-electron chi connectivity index (χ4n) is 0.574. The first-order chi connectivity index (χ1) is 4.81. The van der Waals surface area contributed by atoms with E-state index in [1.165, 1.54) is 0 Å². The van der Waals surface area contributed by atoms with Gasteiger partial charge in [0.15, 0.2) is 8.32 Å². The quantitative estimate of drug-likeness (QED) is 0.579. The van der Waals surface area contributed by atoms with Crippen molar-refractivity contribution in [1.29, 1.82) is 0 Å². The summed E-state index contributed by atoms with van der Waals surface area (Å²) in [6, 6.07) is 0. The normalized spacial score (nSPS) is 12.5. The van der Waals surface area contributed by atoms with E-state index in [1.807, 2.05) is 0 Å². The van der Waals surface area contributed by atoms with Gasteiger partial charge in [-0.25, -0.2) is 0 Å². The van der Waals surface area contributed by atoms with E-state index in [2.05, 4.69) is 40.8 Å². The predicted octanol–water partition coefficient (Wildman–Crippen LogP) is 0.535. The molecule has 0 aromatic rings. The SMILES string of the molecule is CCCO[Si](C)(C)C(C)(C)C.[H-].[Li+]. The molecule has 0 N–H and O–H groups in total. The summed E-state index contributed by atoms with van der Waals surface area (Å²) in [7, 11) is -1.43. The summed E-state index contributed by atoms with van der Waals surface area (Å²) in [5, 5.41) is 0.363. The van der Waals surface area contributed by atoms with Gasteiger partial charge in [0.1, 0.15) is 0 Å². The largest absolute Gasteiger partial charge is 1.00 e. The molecule has 0 aliphatic carbocycles. The molecule has 0 aliphatic rings. The van der Waals surface area contributed by atoms with E-state index in [0.29, 0.717) is 5.04 Å². The second-order valence-corrected chi connectivity index (χ2v) is 9.42. The topological polar surface area (TPSA) is 9.23 Å². The van der Waals surface area contributed by atoms with E-state index in [-0.39, 0.29) is 20.3 Å². The first-order valence-electron chi connectivity index (χ1n) is 4.45. The zero-order valence-corrected chi connectivity index (χ0v) is 10.8. The van der Waals surface area contributed by atoms with Gasteiger partial charge in [0, 0.05) is 6.61 Å². The molecule has 3 heteroatoms. The van der Waals surface area contributed by atoms with E-state index >= 15 is 0 Å². The van der Waals surface area contributed by atoms with Gasteiger partial charge in [-0.1, -0.05) is 27.7 Å². The Morgan fingerprint density at radius 3 is 1.92 bits per heavy atom. The first kappa shape index (κ1) is 15.3. The van der Waals surface area contributed by atoms with Crippen LogP contribution in [0.3, 0.4) is 0 Å². The summed E-state index contributed by atoms with van der Waals surface area (Å²) in [5.41, 5.74) is 0. The monoisotopic (exact) mass is 182 g/mol. The van der Waals surface area contributed by atoms with Crippen LogP contribution in [0.25, 0.3) is 0 Å². The molecule has 0 radical (unpaired) electrons. The van der Waals surface area contributed by atoms with E-state index in [4.69, 9.17) is 4.43 Å². The molecule has 0 saturated heterocycles. The van der Waals surface area contributed by atoms with Crippen LogP contribution in [-0.4, -0.2) is 14.9 Å². The van der Waals surface area contributed by atoms with Crippen molar-refractivity contribution in [2.75, 3.05) is 6.61 Å². The van der Waals surface area contributed by atoms with Crippen LogP contribution in [0, 0.1) is 0 Å². The smallest absolute Gasteiger partial charge is 1.00 e.